The van der Waals surface area contributed by atoms with Gasteiger partial charge in [-0.15, -0.1) is 0 Å². The zero-order valence-electron chi connectivity index (χ0n) is 6.95. The Bertz CT molecular complexity index is 183. The average Bonchev–Trinajstić information content (AvgIpc) is 2.04. The van der Waals surface area contributed by atoms with Crippen LogP contribution in [0.1, 0.15) is 25.7 Å². The zero-order chi connectivity index (χ0) is 9.14. The van der Waals surface area contributed by atoms with Crippen LogP contribution in [0.4, 0.5) is 0 Å². The molecular weight excluding hydrogens is 156 g/mol. The summed E-state index contributed by atoms with van der Waals surface area (Å²) in [6.07, 6.45) is 3.03. The van der Waals surface area contributed by atoms with Gasteiger partial charge < -0.3 is 11.5 Å². The van der Waals surface area contributed by atoms with Gasteiger partial charge in [-0.25, -0.2) is 0 Å². The Kier molecular flexibility index (Phi) is 2.68. The first kappa shape index (κ1) is 9.03. The molecule has 1 rings (SSSR count). The molecule has 1 saturated carbocycles. The van der Waals surface area contributed by atoms with Crippen LogP contribution in [0, 0.1) is 11.8 Å². The van der Waals surface area contributed by atoms with Crippen molar-refractivity contribution in [3.63, 3.8) is 0 Å². The maximum atomic E-state index is 10.8. The Morgan fingerprint density at radius 3 is 1.75 bits per heavy atom. The van der Waals surface area contributed by atoms with E-state index < -0.39 is 0 Å². The van der Waals surface area contributed by atoms with Crippen molar-refractivity contribution in [3.05, 3.63) is 0 Å². The van der Waals surface area contributed by atoms with Crippen molar-refractivity contribution in [1.29, 1.82) is 0 Å². The molecule has 0 aromatic carbocycles. The quantitative estimate of drug-likeness (QED) is 0.599. The van der Waals surface area contributed by atoms with Crippen molar-refractivity contribution in [2.24, 2.45) is 23.3 Å². The van der Waals surface area contributed by atoms with Crippen LogP contribution >= 0.6 is 0 Å². The number of nitrogens with two attached hydrogens (primary N) is 2. The molecule has 0 radical (unpaired) electrons. The largest absolute Gasteiger partial charge is 0.369 e. The Morgan fingerprint density at radius 2 is 1.42 bits per heavy atom. The minimum atomic E-state index is -0.305. The van der Waals surface area contributed by atoms with Gasteiger partial charge in [0.15, 0.2) is 0 Å². The molecular formula is C8H14N2O2. The van der Waals surface area contributed by atoms with Crippen LogP contribution in [0.15, 0.2) is 0 Å². The molecule has 1 fully saturated rings. The van der Waals surface area contributed by atoms with Gasteiger partial charge in [0.05, 0.1) is 0 Å². The molecule has 12 heavy (non-hydrogen) atoms. The Balaban J connectivity index is 2.51. The topological polar surface area (TPSA) is 86.2 Å². The second-order valence-corrected chi connectivity index (χ2v) is 3.37. The van der Waals surface area contributed by atoms with Crippen LogP contribution < -0.4 is 11.5 Å². The monoisotopic (exact) mass is 170 g/mol. The van der Waals surface area contributed by atoms with Crippen molar-refractivity contribution in [1.82, 2.24) is 0 Å². The number of rotatable bonds is 2. The lowest BCUT2D eigenvalue weighted by Gasteiger charge is -2.24. The van der Waals surface area contributed by atoms with Gasteiger partial charge in [-0.1, -0.05) is 6.42 Å². The smallest absolute Gasteiger partial charge is 0.220 e. The summed E-state index contributed by atoms with van der Waals surface area (Å²) >= 11 is 0. The molecule has 68 valence electrons. The van der Waals surface area contributed by atoms with Gasteiger partial charge in [-0.2, -0.15) is 0 Å². The van der Waals surface area contributed by atoms with Gasteiger partial charge in [0.1, 0.15) is 0 Å². The average molecular weight is 170 g/mol. The normalized spacial score (nSPS) is 29.7. The molecule has 4 nitrogen and oxygen atoms in total. The van der Waals surface area contributed by atoms with Crippen molar-refractivity contribution in [2.45, 2.75) is 25.7 Å². The van der Waals surface area contributed by atoms with E-state index in [1.165, 1.54) is 0 Å². The third-order valence-corrected chi connectivity index (χ3v) is 2.48. The van der Waals surface area contributed by atoms with Crippen LogP contribution in [0.5, 0.6) is 0 Å². The summed E-state index contributed by atoms with van der Waals surface area (Å²) in [6.45, 7) is 0. The number of carbonyl (C=O) groups is 2. The Morgan fingerprint density at radius 1 is 1.00 bits per heavy atom. The van der Waals surface area contributed by atoms with Gasteiger partial charge in [0, 0.05) is 11.8 Å². The number of carbonyl (C=O) groups excluding carboxylic acids is 2. The summed E-state index contributed by atoms with van der Waals surface area (Å²) in [7, 11) is 0. The van der Waals surface area contributed by atoms with E-state index in [1.807, 2.05) is 0 Å². The summed E-state index contributed by atoms with van der Waals surface area (Å²) in [5.74, 6) is -0.894. The molecule has 0 aliphatic heterocycles. The first-order chi connectivity index (χ1) is 5.61. The standard InChI is InChI=1S/C8H14N2O2/c9-7(11)5-2-1-3-6(4-5)8(10)12/h5-6H,1-4H2,(H2,9,11)(H2,10,12). The number of hydrogen-bond donors (Lipinski definition) is 2. The van der Waals surface area contributed by atoms with Crippen molar-refractivity contribution in [3.8, 4) is 0 Å². The lowest BCUT2D eigenvalue weighted by molar-refractivity contribution is -0.126. The molecule has 0 bridgehead atoms. The molecule has 0 aromatic heterocycles. The zero-order valence-corrected chi connectivity index (χ0v) is 6.95. The van der Waals surface area contributed by atoms with E-state index in [1.54, 1.807) is 0 Å². The van der Waals surface area contributed by atoms with E-state index in [0.717, 1.165) is 19.3 Å². The van der Waals surface area contributed by atoms with E-state index in [9.17, 15) is 9.59 Å². The third-order valence-electron chi connectivity index (χ3n) is 2.48. The lowest BCUT2D eigenvalue weighted by atomic mass is 9.81. The molecule has 0 saturated heterocycles. The molecule has 2 unspecified atom stereocenters. The molecule has 0 aromatic rings. The predicted molar refractivity (Wildman–Crippen MR) is 43.8 cm³/mol. The summed E-state index contributed by atoms with van der Waals surface area (Å²) < 4.78 is 0. The molecule has 0 spiro atoms. The first-order valence-electron chi connectivity index (χ1n) is 4.20. The van der Waals surface area contributed by atoms with Crippen LogP contribution in [-0.2, 0) is 9.59 Å². The Hall–Kier alpha value is -1.06. The summed E-state index contributed by atoms with van der Waals surface area (Å²) in [5, 5.41) is 0. The fourth-order valence-corrected chi connectivity index (χ4v) is 1.71. The fourth-order valence-electron chi connectivity index (χ4n) is 1.71. The highest BCUT2D eigenvalue weighted by Gasteiger charge is 2.28. The molecule has 2 amide bonds. The molecule has 4 heteroatoms. The highest BCUT2D eigenvalue weighted by atomic mass is 16.1. The predicted octanol–water partition coefficient (Wildman–Crippen LogP) is -0.237. The minimum Gasteiger partial charge on any atom is -0.369 e. The minimum absolute atomic E-state index is 0.142. The van der Waals surface area contributed by atoms with E-state index in [-0.39, 0.29) is 23.7 Å². The summed E-state index contributed by atoms with van der Waals surface area (Å²) in [4.78, 5) is 21.6. The van der Waals surface area contributed by atoms with Crippen molar-refractivity contribution >= 4 is 11.8 Å². The van der Waals surface area contributed by atoms with Crippen LogP contribution in [0.2, 0.25) is 0 Å². The van der Waals surface area contributed by atoms with E-state index in [0.29, 0.717) is 6.42 Å². The fraction of sp³-hybridized carbons (Fsp3) is 0.750. The van der Waals surface area contributed by atoms with E-state index in [4.69, 9.17) is 11.5 Å². The molecule has 4 N–H and O–H groups in total. The molecule has 2 atom stereocenters. The van der Waals surface area contributed by atoms with Gasteiger partial charge in [-0.3, -0.25) is 9.59 Å². The van der Waals surface area contributed by atoms with Crippen molar-refractivity contribution in [2.75, 3.05) is 0 Å². The van der Waals surface area contributed by atoms with Crippen LogP contribution in [-0.4, -0.2) is 11.8 Å². The van der Waals surface area contributed by atoms with Crippen molar-refractivity contribution < 1.29 is 9.59 Å². The molecule has 1 aliphatic rings. The molecule has 0 heterocycles. The second-order valence-electron chi connectivity index (χ2n) is 3.37. The highest BCUT2D eigenvalue weighted by Crippen LogP contribution is 2.28. The molecule has 1 aliphatic carbocycles. The van der Waals surface area contributed by atoms with E-state index in [2.05, 4.69) is 0 Å². The van der Waals surface area contributed by atoms with Gasteiger partial charge >= 0.3 is 0 Å². The van der Waals surface area contributed by atoms with Gasteiger partial charge in [0.25, 0.3) is 0 Å². The van der Waals surface area contributed by atoms with Gasteiger partial charge in [-0.05, 0) is 19.3 Å². The Labute approximate surface area is 71.3 Å². The van der Waals surface area contributed by atoms with Crippen LogP contribution in [0.25, 0.3) is 0 Å². The summed E-state index contributed by atoms with van der Waals surface area (Å²) in [6, 6.07) is 0. The maximum absolute atomic E-state index is 10.8. The second kappa shape index (κ2) is 3.56. The highest BCUT2D eigenvalue weighted by molar-refractivity contribution is 5.80. The SMILES string of the molecule is NC(=O)C1CCCC(C(N)=O)C1. The first-order valence-corrected chi connectivity index (χ1v) is 4.20. The number of amides is 2. The van der Waals surface area contributed by atoms with Crippen LogP contribution in [0.3, 0.4) is 0 Å². The maximum Gasteiger partial charge on any atom is 0.220 e. The lowest BCUT2D eigenvalue weighted by Crippen LogP contribution is -2.34. The number of hydrogen-bond acceptors (Lipinski definition) is 2. The summed E-state index contributed by atoms with van der Waals surface area (Å²) in [5.41, 5.74) is 10.3. The van der Waals surface area contributed by atoms with Gasteiger partial charge in [0.2, 0.25) is 11.8 Å². The third kappa shape index (κ3) is 1.96. The van der Waals surface area contributed by atoms with E-state index >= 15 is 0 Å². The number of primary amides is 2.